The van der Waals surface area contributed by atoms with E-state index in [4.69, 9.17) is 5.11 Å². The number of aliphatic carboxylic acids is 1. The van der Waals surface area contributed by atoms with Crippen molar-refractivity contribution in [3.05, 3.63) is 53.9 Å². The molecule has 2 aromatic rings. The lowest BCUT2D eigenvalue weighted by Gasteiger charge is -2.10. The SMILES string of the molecule is Cc1cncc(CC(=O)O)c1-c1ccccc1. The first kappa shape index (κ1) is 11.3. The number of hydrogen-bond acceptors (Lipinski definition) is 2. The van der Waals surface area contributed by atoms with E-state index in [1.54, 1.807) is 12.4 Å². The molecule has 0 radical (unpaired) electrons. The summed E-state index contributed by atoms with van der Waals surface area (Å²) in [5.41, 5.74) is 3.75. The predicted molar refractivity (Wildman–Crippen MR) is 65.7 cm³/mol. The Hall–Kier alpha value is -2.16. The van der Waals surface area contributed by atoms with Crippen molar-refractivity contribution in [2.24, 2.45) is 0 Å². The first-order chi connectivity index (χ1) is 8.18. The van der Waals surface area contributed by atoms with Crippen molar-refractivity contribution >= 4 is 5.97 Å². The van der Waals surface area contributed by atoms with Gasteiger partial charge in [-0.25, -0.2) is 0 Å². The van der Waals surface area contributed by atoms with E-state index in [0.29, 0.717) is 0 Å². The third kappa shape index (κ3) is 2.50. The number of rotatable bonds is 3. The lowest BCUT2D eigenvalue weighted by molar-refractivity contribution is -0.136. The lowest BCUT2D eigenvalue weighted by Crippen LogP contribution is -2.03. The van der Waals surface area contributed by atoms with E-state index in [0.717, 1.165) is 22.3 Å². The zero-order chi connectivity index (χ0) is 12.3. The number of carbonyl (C=O) groups is 1. The fraction of sp³-hybridized carbons (Fsp3) is 0.143. The Kier molecular flexibility index (Phi) is 3.19. The van der Waals surface area contributed by atoms with Gasteiger partial charge in [0.25, 0.3) is 0 Å². The molecule has 1 aromatic carbocycles. The molecule has 0 aliphatic heterocycles. The van der Waals surface area contributed by atoms with Gasteiger partial charge in [0.05, 0.1) is 6.42 Å². The molecule has 0 saturated carbocycles. The second-order valence-electron chi connectivity index (χ2n) is 3.93. The molecule has 0 aliphatic carbocycles. The van der Waals surface area contributed by atoms with Gasteiger partial charge >= 0.3 is 5.97 Å². The Bertz CT molecular complexity index is 535. The molecule has 1 heterocycles. The molecule has 0 saturated heterocycles. The highest BCUT2D eigenvalue weighted by Gasteiger charge is 2.11. The predicted octanol–water partition coefficient (Wildman–Crippen LogP) is 2.68. The molecule has 0 amide bonds. The summed E-state index contributed by atoms with van der Waals surface area (Å²) in [4.78, 5) is 14.9. The van der Waals surface area contributed by atoms with E-state index < -0.39 is 5.97 Å². The summed E-state index contributed by atoms with van der Waals surface area (Å²) in [7, 11) is 0. The fourth-order valence-electron chi connectivity index (χ4n) is 1.94. The standard InChI is InChI=1S/C14H13NO2/c1-10-8-15-9-12(7-13(16)17)14(10)11-5-3-2-4-6-11/h2-6,8-9H,7H2,1H3,(H,16,17). The van der Waals surface area contributed by atoms with Gasteiger partial charge in [-0.2, -0.15) is 0 Å². The van der Waals surface area contributed by atoms with E-state index >= 15 is 0 Å². The zero-order valence-corrected chi connectivity index (χ0v) is 9.55. The summed E-state index contributed by atoms with van der Waals surface area (Å²) in [5.74, 6) is -0.838. The van der Waals surface area contributed by atoms with E-state index in [9.17, 15) is 4.79 Å². The van der Waals surface area contributed by atoms with Gasteiger partial charge in [-0.3, -0.25) is 9.78 Å². The normalized spacial score (nSPS) is 10.2. The Morgan fingerprint density at radius 1 is 1.24 bits per heavy atom. The van der Waals surface area contributed by atoms with Crippen LogP contribution in [-0.2, 0) is 11.2 Å². The Morgan fingerprint density at radius 3 is 2.59 bits per heavy atom. The number of aromatic nitrogens is 1. The fourth-order valence-corrected chi connectivity index (χ4v) is 1.94. The van der Waals surface area contributed by atoms with E-state index in [1.165, 1.54) is 0 Å². The highest BCUT2D eigenvalue weighted by molar-refractivity contribution is 5.77. The lowest BCUT2D eigenvalue weighted by atomic mass is 9.96. The first-order valence-electron chi connectivity index (χ1n) is 5.39. The van der Waals surface area contributed by atoms with Gasteiger partial charge in [0.15, 0.2) is 0 Å². The topological polar surface area (TPSA) is 50.2 Å². The highest BCUT2D eigenvalue weighted by Crippen LogP contribution is 2.26. The average molecular weight is 227 g/mol. The molecule has 0 atom stereocenters. The van der Waals surface area contributed by atoms with Crippen molar-refractivity contribution in [1.29, 1.82) is 0 Å². The van der Waals surface area contributed by atoms with Crippen LogP contribution in [-0.4, -0.2) is 16.1 Å². The molecule has 0 unspecified atom stereocenters. The van der Waals surface area contributed by atoms with Gasteiger partial charge < -0.3 is 5.11 Å². The number of aryl methyl sites for hydroxylation is 1. The van der Waals surface area contributed by atoms with Gasteiger partial charge in [0.1, 0.15) is 0 Å². The number of pyridine rings is 1. The van der Waals surface area contributed by atoms with Crippen LogP contribution in [0.15, 0.2) is 42.7 Å². The maximum absolute atomic E-state index is 10.8. The van der Waals surface area contributed by atoms with Crippen LogP contribution < -0.4 is 0 Å². The monoisotopic (exact) mass is 227 g/mol. The molecule has 0 aliphatic rings. The molecule has 86 valence electrons. The van der Waals surface area contributed by atoms with Crippen LogP contribution in [0.5, 0.6) is 0 Å². The average Bonchev–Trinajstić information content (AvgIpc) is 2.29. The van der Waals surface area contributed by atoms with Crippen LogP contribution in [0.1, 0.15) is 11.1 Å². The van der Waals surface area contributed by atoms with Crippen molar-refractivity contribution in [3.8, 4) is 11.1 Å². The minimum Gasteiger partial charge on any atom is -0.481 e. The molecule has 0 spiro atoms. The molecule has 3 heteroatoms. The third-order valence-corrected chi connectivity index (χ3v) is 2.62. The minimum atomic E-state index is -0.838. The van der Waals surface area contributed by atoms with Crippen molar-refractivity contribution < 1.29 is 9.90 Å². The quantitative estimate of drug-likeness (QED) is 0.877. The van der Waals surface area contributed by atoms with Gasteiger partial charge in [0, 0.05) is 12.4 Å². The molecule has 2 rings (SSSR count). The van der Waals surface area contributed by atoms with Crippen LogP contribution in [0.25, 0.3) is 11.1 Å². The van der Waals surface area contributed by atoms with Crippen molar-refractivity contribution in [2.45, 2.75) is 13.3 Å². The van der Waals surface area contributed by atoms with Crippen molar-refractivity contribution in [1.82, 2.24) is 4.98 Å². The molecule has 1 aromatic heterocycles. The Balaban J connectivity index is 2.55. The molecular weight excluding hydrogens is 214 g/mol. The van der Waals surface area contributed by atoms with E-state index in [1.807, 2.05) is 37.3 Å². The van der Waals surface area contributed by atoms with Crippen molar-refractivity contribution in [2.75, 3.05) is 0 Å². The van der Waals surface area contributed by atoms with Crippen LogP contribution in [0, 0.1) is 6.92 Å². The van der Waals surface area contributed by atoms with Crippen LogP contribution in [0.3, 0.4) is 0 Å². The second-order valence-corrected chi connectivity index (χ2v) is 3.93. The smallest absolute Gasteiger partial charge is 0.307 e. The summed E-state index contributed by atoms with van der Waals surface area (Å²) in [6.07, 6.45) is 3.38. The third-order valence-electron chi connectivity index (χ3n) is 2.62. The Labute approximate surface area is 99.8 Å². The minimum absolute atomic E-state index is 0.00108. The molecular formula is C14H13NO2. The largest absolute Gasteiger partial charge is 0.481 e. The molecule has 3 nitrogen and oxygen atoms in total. The van der Waals surface area contributed by atoms with Crippen LogP contribution in [0.2, 0.25) is 0 Å². The number of nitrogens with zero attached hydrogens (tertiary/aromatic N) is 1. The molecule has 17 heavy (non-hydrogen) atoms. The summed E-state index contributed by atoms with van der Waals surface area (Å²) in [6.45, 7) is 1.95. The number of carboxylic acids is 1. The maximum Gasteiger partial charge on any atom is 0.307 e. The Morgan fingerprint density at radius 2 is 1.94 bits per heavy atom. The molecule has 1 N–H and O–H groups in total. The highest BCUT2D eigenvalue weighted by atomic mass is 16.4. The van der Waals surface area contributed by atoms with E-state index in [2.05, 4.69) is 4.98 Å². The zero-order valence-electron chi connectivity index (χ0n) is 9.55. The van der Waals surface area contributed by atoms with Crippen molar-refractivity contribution in [3.63, 3.8) is 0 Å². The number of hydrogen-bond donors (Lipinski definition) is 1. The van der Waals surface area contributed by atoms with Crippen LogP contribution >= 0.6 is 0 Å². The first-order valence-corrected chi connectivity index (χ1v) is 5.39. The van der Waals surface area contributed by atoms with Gasteiger partial charge in [-0.1, -0.05) is 30.3 Å². The number of carboxylic acid groups (broad SMARTS) is 1. The van der Waals surface area contributed by atoms with Gasteiger partial charge in [-0.05, 0) is 29.2 Å². The van der Waals surface area contributed by atoms with Crippen LogP contribution in [0.4, 0.5) is 0 Å². The maximum atomic E-state index is 10.8. The number of benzene rings is 1. The second kappa shape index (κ2) is 4.78. The van der Waals surface area contributed by atoms with Gasteiger partial charge in [0.2, 0.25) is 0 Å². The summed E-state index contributed by atoms with van der Waals surface area (Å²) >= 11 is 0. The summed E-state index contributed by atoms with van der Waals surface area (Å²) < 4.78 is 0. The summed E-state index contributed by atoms with van der Waals surface area (Å²) in [6, 6.07) is 9.79. The molecule has 0 bridgehead atoms. The molecule has 0 fully saturated rings. The van der Waals surface area contributed by atoms with E-state index in [-0.39, 0.29) is 6.42 Å². The summed E-state index contributed by atoms with van der Waals surface area (Å²) in [5, 5.41) is 8.90. The van der Waals surface area contributed by atoms with Gasteiger partial charge in [-0.15, -0.1) is 0 Å².